The molecule has 4 aromatic rings. The lowest BCUT2D eigenvalue weighted by Gasteiger charge is -2.41. The number of hydrogen-bond acceptors (Lipinski definition) is 9. The Balaban J connectivity index is 1.31. The summed E-state index contributed by atoms with van der Waals surface area (Å²) in [6, 6.07) is 5.08. The molecule has 0 radical (unpaired) electrons. The van der Waals surface area contributed by atoms with E-state index in [-0.39, 0.29) is 6.10 Å². The molecule has 2 aliphatic heterocycles. The summed E-state index contributed by atoms with van der Waals surface area (Å²) in [5.74, 6) is 0.578. The lowest BCUT2D eigenvalue weighted by molar-refractivity contribution is -0.0735. The van der Waals surface area contributed by atoms with Crippen molar-refractivity contribution in [3.8, 4) is 23.1 Å². The molecule has 6 rings (SSSR count). The summed E-state index contributed by atoms with van der Waals surface area (Å²) in [6.45, 7) is 11.9. The van der Waals surface area contributed by atoms with Gasteiger partial charge in [0.25, 0.3) is 0 Å². The number of rotatable bonds is 6. The monoisotopic (exact) mass is 518 g/mol. The number of ether oxygens (including phenoxy) is 2. The third-order valence-corrected chi connectivity index (χ3v) is 8.41. The van der Waals surface area contributed by atoms with Gasteiger partial charge in [-0.1, -0.05) is 5.21 Å². The number of aryl methyl sites for hydroxylation is 2. The van der Waals surface area contributed by atoms with Crippen molar-refractivity contribution < 1.29 is 9.47 Å². The number of nitriles is 1. The van der Waals surface area contributed by atoms with Crippen molar-refractivity contribution in [2.24, 2.45) is 0 Å². The Labute approximate surface area is 219 Å². The Morgan fingerprint density at radius 1 is 1.19 bits per heavy atom. The van der Waals surface area contributed by atoms with Crippen LogP contribution in [0, 0.1) is 32.1 Å². The Morgan fingerprint density at radius 3 is 2.62 bits per heavy atom. The predicted octanol–water partition coefficient (Wildman–Crippen LogP) is 4.02. The Kier molecular flexibility index (Phi) is 6.18. The molecule has 11 heteroatoms. The first kappa shape index (κ1) is 24.0. The highest BCUT2D eigenvalue weighted by molar-refractivity contribution is 7.11. The molecular weight excluding hydrogens is 488 g/mol. The third kappa shape index (κ3) is 4.29. The van der Waals surface area contributed by atoms with Gasteiger partial charge in [-0.25, -0.2) is 14.2 Å². The molecule has 10 nitrogen and oxygen atoms in total. The molecule has 0 amide bonds. The van der Waals surface area contributed by atoms with Crippen LogP contribution in [0.4, 0.5) is 0 Å². The van der Waals surface area contributed by atoms with Gasteiger partial charge in [-0.2, -0.15) is 10.4 Å². The lowest BCUT2D eigenvalue weighted by atomic mass is 10.0. The van der Waals surface area contributed by atoms with Crippen molar-refractivity contribution in [3.63, 3.8) is 0 Å². The first-order chi connectivity index (χ1) is 17.9. The molecule has 6 heterocycles. The fourth-order valence-electron chi connectivity index (χ4n) is 5.44. The number of nitrogens with zero attached hydrogens (tertiary/aromatic N) is 8. The van der Waals surface area contributed by atoms with Gasteiger partial charge in [0.15, 0.2) is 0 Å². The maximum absolute atomic E-state index is 9.69. The van der Waals surface area contributed by atoms with Gasteiger partial charge in [0, 0.05) is 29.7 Å². The van der Waals surface area contributed by atoms with Crippen LogP contribution >= 0.6 is 11.3 Å². The summed E-state index contributed by atoms with van der Waals surface area (Å²) in [6.07, 6.45) is 5.27. The number of piperidine rings is 1. The van der Waals surface area contributed by atoms with E-state index < -0.39 is 0 Å². The molecule has 2 aliphatic rings. The molecule has 0 spiro atoms. The van der Waals surface area contributed by atoms with E-state index in [9.17, 15) is 5.26 Å². The van der Waals surface area contributed by atoms with Crippen LogP contribution in [0.1, 0.15) is 58.7 Å². The zero-order valence-electron chi connectivity index (χ0n) is 21.5. The van der Waals surface area contributed by atoms with Crippen molar-refractivity contribution in [2.45, 2.75) is 58.7 Å². The van der Waals surface area contributed by atoms with Crippen molar-refractivity contribution in [1.29, 1.82) is 5.26 Å². The number of aromatic nitrogens is 6. The topological polar surface area (TPSA) is 106 Å². The highest BCUT2D eigenvalue weighted by Gasteiger charge is 2.31. The molecular formula is C26H30N8O2S. The second kappa shape index (κ2) is 9.52. The van der Waals surface area contributed by atoms with Crippen LogP contribution in [0.15, 0.2) is 18.5 Å². The average Bonchev–Trinajstić information content (AvgIpc) is 3.54. The van der Waals surface area contributed by atoms with Crippen LogP contribution < -0.4 is 4.74 Å². The van der Waals surface area contributed by atoms with Gasteiger partial charge >= 0.3 is 0 Å². The first-order valence-electron chi connectivity index (χ1n) is 12.7. The SMILES string of the molecule is Cc1nc([C@@H](C)Oc2cc(-c3nnn(C4CCN(C5COC5)CC4)c3C)cn3ncc(C#N)c23)c(C)s1. The van der Waals surface area contributed by atoms with Crippen molar-refractivity contribution >= 4 is 16.9 Å². The van der Waals surface area contributed by atoms with Gasteiger partial charge in [-0.3, -0.25) is 4.90 Å². The van der Waals surface area contributed by atoms with Crippen LogP contribution in [0.3, 0.4) is 0 Å². The maximum atomic E-state index is 9.69. The van der Waals surface area contributed by atoms with Gasteiger partial charge in [0.1, 0.15) is 34.7 Å². The zero-order valence-corrected chi connectivity index (χ0v) is 22.3. The van der Waals surface area contributed by atoms with E-state index in [4.69, 9.17) is 9.47 Å². The second-order valence-electron chi connectivity index (χ2n) is 9.92. The van der Waals surface area contributed by atoms with E-state index >= 15 is 0 Å². The number of pyridine rings is 1. The van der Waals surface area contributed by atoms with Crippen LogP contribution in [0.2, 0.25) is 0 Å². The molecule has 0 aliphatic carbocycles. The predicted molar refractivity (Wildman–Crippen MR) is 139 cm³/mol. The summed E-state index contributed by atoms with van der Waals surface area (Å²) >= 11 is 1.65. The van der Waals surface area contributed by atoms with Gasteiger partial charge in [-0.05, 0) is 46.6 Å². The Bertz CT molecular complexity index is 1490. The molecule has 0 aromatic carbocycles. The zero-order chi connectivity index (χ0) is 25.7. The van der Waals surface area contributed by atoms with Crippen LogP contribution in [-0.2, 0) is 4.74 Å². The average molecular weight is 519 g/mol. The Hall–Kier alpha value is -3.33. The number of likely N-dealkylation sites (tertiary alicyclic amines) is 1. The highest BCUT2D eigenvalue weighted by atomic mass is 32.1. The molecule has 192 valence electrons. The molecule has 0 bridgehead atoms. The van der Waals surface area contributed by atoms with E-state index in [2.05, 4.69) is 49.9 Å². The Morgan fingerprint density at radius 2 is 1.97 bits per heavy atom. The minimum Gasteiger partial charge on any atom is -0.482 e. The van der Waals surface area contributed by atoms with Crippen LogP contribution in [0.25, 0.3) is 16.8 Å². The van der Waals surface area contributed by atoms with E-state index in [0.717, 1.165) is 71.7 Å². The quantitative estimate of drug-likeness (QED) is 0.377. The molecule has 0 saturated carbocycles. The molecule has 2 saturated heterocycles. The molecule has 37 heavy (non-hydrogen) atoms. The first-order valence-corrected chi connectivity index (χ1v) is 13.5. The smallest absolute Gasteiger partial charge is 0.148 e. The van der Waals surface area contributed by atoms with Crippen molar-refractivity contribution in [3.05, 3.63) is 45.3 Å². The highest BCUT2D eigenvalue weighted by Crippen LogP contribution is 2.35. The van der Waals surface area contributed by atoms with Gasteiger partial charge in [-0.15, -0.1) is 16.4 Å². The molecule has 0 N–H and O–H groups in total. The van der Waals surface area contributed by atoms with E-state index in [1.54, 1.807) is 22.0 Å². The fraction of sp³-hybridized carbons (Fsp3) is 0.500. The minimum atomic E-state index is -0.284. The van der Waals surface area contributed by atoms with E-state index in [1.165, 1.54) is 0 Å². The minimum absolute atomic E-state index is 0.284. The van der Waals surface area contributed by atoms with Crippen LogP contribution in [0.5, 0.6) is 5.75 Å². The molecule has 4 aromatic heterocycles. The number of hydrogen-bond donors (Lipinski definition) is 0. The normalized spacial score (nSPS) is 18.1. The summed E-state index contributed by atoms with van der Waals surface area (Å²) in [7, 11) is 0. The number of thiazole rings is 1. The third-order valence-electron chi connectivity index (χ3n) is 7.51. The fourth-order valence-corrected chi connectivity index (χ4v) is 6.34. The summed E-state index contributed by atoms with van der Waals surface area (Å²) in [5, 5.41) is 24.3. The van der Waals surface area contributed by atoms with Crippen molar-refractivity contribution in [1.82, 2.24) is 34.5 Å². The van der Waals surface area contributed by atoms with E-state index in [1.807, 2.05) is 26.1 Å². The lowest BCUT2D eigenvalue weighted by Crippen LogP contribution is -2.52. The summed E-state index contributed by atoms with van der Waals surface area (Å²) < 4.78 is 15.6. The number of fused-ring (bicyclic) bond motifs is 1. The standard InChI is InChI=1S/C26H30N8O2S/c1-15-24(30-31-34(15)21-5-7-32(8-6-21)22-13-35-14-22)19-9-23(26-20(10-27)11-28-33(26)12-19)36-16(2)25-17(3)37-18(4)29-25/h9,11-12,16,21-22H,5-8,13-14H2,1-4H3/t16-/m1/s1. The van der Waals surface area contributed by atoms with Crippen LogP contribution in [-0.4, -0.2) is 66.8 Å². The van der Waals surface area contributed by atoms with Gasteiger partial charge < -0.3 is 9.47 Å². The largest absolute Gasteiger partial charge is 0.482 e. The van der Waals surface area contributed by atoms with Crippen molar-refractivity contribution in [2.75, 3.05) is 26.3 Å². The van der Waals surface area contributed by atoms with Gasteiger partial charge in [0.2, 0.25) is 0 Å². The molecule has 2 fully saturated rings. The molecule has 1 atom stereocenters. The van der Waals surface area contributed by atoms with Gasteiger partial charge in [0.05, 0.1) is 47.9 Å². The summed E-state index contributed by atoms with van der Waals surface area (Å²) in [4.78, 5) is 8.32. The maximum Gasteiger partial charge on any atom is 0.148 e. The molecule has 0 unspecified atom stereocenters. The van der Waals surface area contributed by atoms with E-state index in [0.29, 0.717) is 28.9 Å². The summed E-state index contributed by atoms with van der Waals surface area (Å²) in [5.41, 5.74) is 4.67. The second-order valence-corrected chi connectivity index (χ2v) is 11.3.